The van der Waals surface area contributed by atoms with Crippen molar-refractivity contribution in [3.63, 3.8) is 0 Å². The van der Waals surface area contributed by atoms with Crippen LogP contribution in [0.5, 0.6) is 5.75 Å². The Kier molecular flexibility index (Phi) is 9.58. The molecule has 1 heterocycles. The lowest BCUT2D eigenvalue weighted by Gasteiger charge is -2.36. The summed E-state index contributed by atoms with van der Waals surface area (Å²) in [5.74, 6) is 0.716. The molecule has 1 fully saturated rings. The van der Waals surface area contributed by atoms with E-state index >= 15 is 0 Å². The molecule has 198 valence electrons. The van der Waals surface area contributed by atoms with Crippen LogP contribution in [0.3, 0.4) is 0 Å². The Morgan fingerprint density at radius 2 is 1.47 bits per heavy atom. The van der Waals surface area contributed by atoms with Crippen molar-refractivity contribution in [3.05, 3.63) is 54.1 Å². The van der Waals surface area contributed by atoms with Crippen molar-refractivity contribution < 1.29 is 31.6 Å². The van der Waals surface area contributed by atoms with Crippen LogP contribution in [0.4, 0.5) is 10.5 Å². The SMILES string of the molecule is Cc1ccc(S(=O)(=O)OCCOCCOc2ccc(N3CCN(C(=O)OC(C)(C)C)CC3)cc2)cc1. The molecule has 3 rings (SSSR count). The molecule has 0 bridgehead atoms. The van der Waals surface area contributed by atoms with Crippen LogP contribution in [0, 0.1) is 6.92 Å². The maximum Gasteiger partial charge on any atom is 0.410 e. The molecule has 0 aromatic heterocycles. The maximum absolute atomic E-state index is 12.2. The zero-order valence-corrected chi connectivity index (χ0v) is 22.3. The summed E-state index contributed by atoms with van der Waals surface area (Å²) >= 11 is 0. The van der Waals surface area contributed by atoms with Gasteiger partial charge in [-0.3, -0.25) is 4.18 Å². The average molecular weight is 521 g/mol. The lowest BCUT2D eigenvalue weighted by molar-refractivity contribution is 0.0240. The summed E-state index contributed by atoms with van der Waals surface area (Å²) in [6.07, 6.45) is -0.271. The highest BCUT2D eigenvalue weighted by molar-refractivity contribution is 7.86. The Morgan fingerprint density at radius 3 is 2.08 bits per heavy atom. The highest BCUT2D eigenvalue weighted by atomic mass is 32.2. The minimum atomic E-state index is -3.78. The van der Waals surface area contributed by atoms with Gasteiger partial charge in [-0.05, 0) is 64.1 Å². The van der Waals surface area contributed by atoms with E-state index in [0.29, 0.717) is 32.1 Å². The van der Waals surface area contributed by atoms with E-state index in [1.54, 1.807) is 17.0 Å². The number of benzene rings is 2. The van der Waals surface area contributed by atoms with Gasteiger partial charge in [0, 0.05) is 31.9 Å². The fraction of sp³-hybridized carbons (Fsp3) is 0.500. The van der Waals surface area contributed by atoms with E-state index < -0.39 is 15.7 Å². The highest BCUT2D eigenvalue weighted by Crippen LogP contribution is 2.21. The lowest BCUT2D eigenvalue weighted by Crippen LogP contribution is -2.50. The number of nitrogens with zero attached hydrogens (tertiary/aromatic N) is 2. The van der Waals surface area contributed by atoms with Gasteiger partial charge in [0.1, 0.15) is 18.0 Å². The number of aryl methyl sites for hydroxylation is 1. The Bertz CT molecular complexity index is 1070. The average Bonchev–Trinajstić information content (AvgIpc) is 2.83. The van der Waals surface area contributed by atoms with Crippen molar-refractivity contribution >= 4 is 21.9 Å². The largest absolute Gasteiger partial charge is 0.491 e. The summed E-state index contributed by atoms with van der Waals surface area (Å²) in [6.45, 7) is 10.9. The predicted octanol–water partition coefficient (Wildman–Crippen LogP) is 3.85. The Balaban J connectivity index is 1.31. The molecule has 2 aromatic rings. The van der Waals surface area contributed by atoms with E-state index in [4.69, 9.17) is 18.4 Å². The van der Waals surface area contributed by atoms with Gasteiger partial charge >= 0.3 is 6.09 Å². The molecule has 1 saturated heterocycles. The van der Waals surface area contributed by atoms with Gasteiger partial charge in [-0.15, -0.1) is 0 Å². The van der Waals surface area contributed by atoms with Crippen LogP contribution in [0.1, 0.15) is 26.3 Å². The van der Waals surface area contributed by atoms with Crippen molar-refractivity contribution in [1.82, 2.24) is 4.90 Å². The Morgan fingerprint density at radius 1 is 0.861 bits per heavy atom. The number of carbonyl (C=O) groups is 1. The first-order valence-corrected chi connectivity index (χ1v) is 13.4. The van der Waals surface area contributed by atoms with Crippen molar-refractivity contribution in [3.8, 4) is 5.75 Å². The predicted molar refractivity (Wildman–Crippen MR) is 137 cm³/mol. The van der Waals surface area contributed by atoms with Gasteiger partial charge in [0.05, 0.1) is 24.7 Å². The first-order chi connectivity index (χ1) is 17.0. The molecular weight excluding hydrogens is 484 g/mol. The molecule has 0 unspecified atom stereocenters. The molecule has 9 nitrogen and oxygen atoms in total. The van der Waals surface area contributed by atoms with Crippen LogP contribution in [-0.4, -0.2) is 77.6 Å². The minimum Gasteiger partial charge on any atom is -0.491 e. The maximum atomic E-state index is 12.2. The van der Waals surface area contributed by atoms with E-state index in [2.05, 4.69) is 4.90 Å². The molecule has 0 N–H and O–H groups in total. The van der Waals surface area contributed by atoms with E-state index in [1.807, 2.05) is 52.0 Å². The van der Waals surface area contributed by atoms with Gasteiger partial charge in [-0.25, -0.2) is 4.79 Å². The summed E-state index contributed by atoms with van der Waals surface area (Å²) in [7, 11) is -3.78. The van der Waals surface area contributed by atoms with Crippen molar-refractivity contribution in [2.45, 2.75) is 38.2 Å². The molecule has 36 heavy (non-hydrogen) atoms. The van der Waals surface area contributed by atoms with Crippen LogP contribution in [-0.2, 0) is 23.8 Å². The van der Waals surface area contributed by atoms with Crippen LogP contribution < -0.4 is 9.64 Å². The van der Waals surface area contributed by atoms with Crippen molar-refractivity contribution in [2.75, 3.05) is 57.5 Å². The number of carbonyl (C=O) groups excluding carboxylic acids is 1. The second-order valence-electron chi connectivity index (χ2n) is 9.50. The third kappa shape index (κ3) is 8.69. The lowest BCUT2D eigenvalue weighted by atomic mass is 10.2. The second kappa shape index (κ2) is 12.4. The van der Waals surface area contributed by atoms with Crippen LogP contribution >= 0.6 is 0 Å². The number of ether oxygens (including phenoxy) is 3. The van der Waals surface area contributed by atoms with Gasteiger partial charge < -0.3 is 24.0 Å². The number of rotatable bonds is 10. The van der Waals surface area contributed by atoms with E-state index in [0.717, 1.165) is 24.3 Å². The summed E-state index contributed by atoms with van der Waals surface area (Å²) < 4.78 is 45.8. The minimum absolute atomic E-state index is 0.0634. The third-order valence-corrected chi connectivity index (χ3v) is 6.73. The first-order valence-electron chi connectivity index (χ1n) is 12.0. The van der Waals surface area contributed by atoms with E-state index in [9.17, 15) is 13.2 Å². The molecule has 10 heteroatoms. The summed E-state index contributed by atoms with van der Waals surface area (Å²) in [4.78, 5) is 16.3. The third-order valence-electron chi connectivity index (χ3n) is 5.41. The smallest absolute Gasteiger partial charge is 0.410 e. The quantitative estimate of drug-likeness (QED) is 0.344. The monoisotopic (exact) mass is 520 g/mol. The Labute approximate surface area is 214 Å². The van der Waals surface area contributed by atoms with Crippen molar-refractivity contribution in [2.24, 2.45) is 0 Å². The normalized spacial score (nSPS) is 14.6. The Hall–Kier alpha value is -2.82. The molecule has 0 radical (unpaired) electrons. The molecule has 2 aromatic carbocycles. The summed E-state index contributed by atoms with van der Waals surface area (Å²) in [6, 6.07) is 14.3. The molecule has 0 atom stereocenters. The van der Waals surface area contributed by atoms with Gasteiger partial charge in [-0.2, -0.15) is 8.42 Å². The fourth-order valence-corrected chi connectivity index (χ4v) is 4.42. The van der Waals surface area contributed by atoms with E-state index in [1.165, 1.54) is 12.1 Å². The molecule has 1 aliphatic rings. The topological polar surface area (TPSA) is 94.6 Å². The zero-order chi connectivity index (χ0) is 26.2. The van der Waals surface area contributed by atoms with Gasteiger partial charge in [0.25, 0.3) is 10.1 Å². The van der Waals surface area contributed by atoms with Gasteiger partial charge in [0.15, 0.2) is 0 Å². The van der Waals surface area contributed by atoms with Crippen LogP contribution in [0.25, 0.3) is 0 Å². The molecule has 1 amide bonds. The summed E-state index contributed by atoms with van der Waals surface area (Å²) in [5.41, 5.74) is 1.55. The molecule has 0 spiro atoms. The van der Waals surface area contributed by atoms with Crippen LogP contribution in [0.2, 0.25) is 0 Å². The number of hydrogen-bond acceptors (Lipinski definition) is 8. The zero-order valence-electron chi connectivity index (χ0n) is 21.4. The fourth-order valence-electron chi connectivity index (χ4n) is 3.52. The van der Waals surface area contributed by atoms with E-state index in [-0.39, 0.29) is 24.2 Å². The number of anilines is 1. The number of hydrogen-bond donors (Lipinski definition) is 0. The molecule has 0 aliphatic carbocycles. The van der Waals surface area contributed by atoms with Gasteiger partial charge in [-0.1, -0.05) is 17.7 Å². The number of piperazine rings is 1. The first kappa shape index (κ1) is 27.8. The van der Waals surface area contributed by atoms with Gasteiger partial charge in [0.2, 0.25) is 0 Å². The number of amides is 1. The second-order valence-corrected chi connectivity index (χ2v) is 11.1. The molecular formula is C26H36N2O7S. The molecule has 0 saturated carbocycles. The molecule has 1 aliphatic heterocycles. The summed E-state index contributed by atoms with van der Waals surface area (Å²) in [5, 5.41) is 0. The standard InChI is InChI=1S/C26H36N2O7S/c1-21-5-11-24(12-6-21)36(30,31)34-20-18-32-17-19-33-23-9-7-22(8-10-23)27-13-15-28(16-14-27)25(29)35-26(2,3)4/h5-12H,13-20H2,1-4H3. The highest BCUT2D eigenvalue weighted by Gasteiger charge is 2.26. The van der Waals surface area contributed by atoms with Crippen LogP contribution in [0.15, 0.2) is 53.4 Å². The van der Waals surface area contributed by atoms with Crippen molar-refractivity contribution in [1.29, 1.82) is 0 Å².